The van der Waals surface area contributed by atoms with E-state index in [-0.39, 0.29) is 5.82 Å². The summed E-state index contributed by atoms with van der Waals surface area (Å²) in [5.41, 5.74) is 4.27. The molecule has 5 aliphatic rings. The summed E-state index contributed by atoms with van der Waals surface area (Å²) in [4.78, 5) is 9.61. The van der Waals surface area contributed by atoms with Crippen molar-refractivity contribution in [3.8, 4) is 22.8 Å². The van der Waals surface area contributed by atoms with Crippen molar-refractivity contribution in [2.45, 2.75) is 44.2 Å². The highest BCUT2D eigenvalue weighted by Gasteiger charge is 2.37. The maximum Gasteiger partial charge on any atom is 0.169 e. The Morgan fingerprint density at radius 2 is 1.88 bits per heavy atom. The number of aromatic nitrogens is 2. The monoisotopic (exact) mass is 460 g/mol. The fraction of sp³-hybridized carbons (Fsp3) is 0.444. The summed E-state index contributed by atoms with van der Waals surface area (Å²) >= 11 is 0. The molecule has 2 aromatic carbocycles. The molecule has 3 fully saturated rings. The second-order valence-corrected chi connectivity index (χ2v) is 9.99. The maximum absolute atomic E-state index is 15.9. The lowest BCUT2D eigenvalue weighted by molar-refractivity contribution is 0.204. The normalized spacial score (nSPS) is 21.0. The summed E-state index contributed by atoms with van der Waals surface area (Å²) in [5, 5.41) is 1.88. The minimum atomic E-state index is -0.233. The third kappa shape index (κ3) is 2.92. The van der Waals surface area contributed by atoms with Gasteiger partial charge in [-0.2, -0.15) is 0 Å². The number of hydrogen-bond acceptors (Lipinski definition) is 5. The van der Waals surface area contributed by atoms with E-state index in [1.807, 2.05) is 12.1 Å². The van der Waals surface area contributed by atoms with Crippen molar-refractivity contribution in [2.24, 2.45) is 0 Å². The van der Waals surface area contributed by atoms with Crippen LogP contribution in [0.15, 0.2) is 30.5 Å². The Balaban J connectivity index is 1.49. The first-order chi connectivity index (χ1) is 16.7. The molecule has 1 unspecified atom stereocenters. The van der Waals surface area contributed by atoms with Crippen LogP contribution in [0.25, 0.3) is 33.1 Å². The molecule has 0 aromatic heterocycles. The van der Waals surface area contributed by atoms with Gasteiger partial charge >= 0.3 is 0 Å². The first-order valence-electron chi connectivity index (χ1n) is 12.3. The average molecular weight is 461 g/mol. The Kier molecular flexibility index (Phi) is 4.47. The van der Waals surface area contributed by atoms with Gasteiger partial charge < -0.3 is 18.9 Å². The van der Waals surface area contributed by atoms with Gasteiger partial charge in [-0.05, 0) is 43.9 Å². The fourth-order valence-corrected chi connectivity index (χ4v) is 6.12. The summed E-state index contributed by atoms with van der Waals surface area (Å²) in [6.07, 6.45) is 8.12. The Labute approximate surface area is 198 Å². The minimum absolute atomic E-state index is 0.233. The summed E-state index contributed by atoms with van der Waals surface area (Å²) < 4.78 is 29.7. The number of nitrogens with zero attached hydrogens (tertiary/aromatic N) is 4. The van der Waals surface area contributed by atoms with Crippen molar-refractivity contribution in [3.05, 3.63) is 36.3 Å². The number of fused-ring (bicyclic) bond motifs is 6. The molecule has 1 aliphatic carbocycles. The molecule has 7 heteroatoms. The van der Waals surface area contributed by atoms with Gasteiger partial charge in [-0.1, -0.05) is 6.42 Å². The first kappa shape index (κ1) is 20.3. The van der Waals surface area contributed by atoms with E-state index in [1.54, 1.807) is 20.3 Å². The largest absolute Gasteiger partial charge is 0.497 e. The molecule has 0 amide bonds. The number of methoxy groups -OCH3 is 2. The molecule has 7 rings (SSSR count). The van der Waals surface area contributed by atoms with Crippen LogP contribution < -0.4 is 14.4 Å². The highest BCUT2D eigenvalue weighted by molar-refractivity contribution is 6.09. The molecule has 2 aromatic rings. The molecule has 0 bridgehead atoms. The van der Waals surface area contributed by atoms with E-state index in [2.05, 4.69) is 26.6 Å². The van der Waals surface area contributed by atoms with Gasteiger partial charge in [0.1, 0.15) is 11.4 Å². The van der Waals surface area contributed by atoms with Crippen LogP contribution in [0.1, 0.15) is 38.1 Å². The van der Waals surface area contributed by atoms with E-state index in [0.29, 0.717) is 23.5 Å². The molecule has 0 radical (unpaired) electrons. The smallest absolute Gasteiger partial charge is 0.169 e. The molecule has 4 heterocycles. The van der Waals surface area contributed by atoms with Crippen LogP contribution in [0, 0.1) is 5.82 Å². The predicted molar refractivity (Wildman–Crippen MR) is 132 cm³/mol. The lowest BCUT2D eigenvalue weighted by Gasteiger charge is -2.27. The van der Waals surface area contributed by atoms with Gasteiger partial charge in [-0.25, -0.2) is 9.37 Å². The van der Waals surface area contributed by atoms with Gasteiger partial charge in [-0.15, -0.1) is 0 Å². The number of halogens is 1. The second-order valence-electron chi connectivity index (χ2n) is 9.99. The van der Waals surface area contributed by atoms with Crippen molar-refractivity contribution in [2.75, 3.05) is 38.9 Å². The van der Waals surface area contributed by atoms with Crippen molar-refractivity contribution < 1.29 is 13.9 Å². The number of rotatable bonds is 4. The van der Waals surface area contributed by atoms with Gasteiger partial charge in [0.05, 0.1) is 37.6 Å². The number of benzene rings is 2. The number of anilines is 1. The van der Waals surface area contributed by atoms with E-state index in [0.717, 1.165) is 71.4 Å². The van der Waals surface area contributed by atoms with Crippen LogP contribution >= 0.6 is 0 Å². The summed E-state index contributed by atoms with van der Waals surface area (Å²) in [6.45, 7) is 2.70. The SMILES string of the molecule is COc1ccc2c3cn(C4CC4)c4c(OC)c(N5CC6CCCCN6C5)c(F)cc4c-3nc2c1. The standard InChI is InChI=1S/C27H29FN4O2/c1-33-18-8-9-19-21-14-32(16-6-7-16)25-20(24(21)29-23(19)11-18)12-22(28)26(27(25)34-2)31-13-17-5-3-4-10-30(17)15-31/h8-9,11-12,14,16-17H,3-7,10,13,15H2,1-2H3. The Bertz CT molecular complexity index is 1380. The van der Waals surface area contributed by atoms with Crippen molar-refractivity contribution in [3.63, 3.8) is 0 Å². The molecule has 0 N–H and O–H groups in total. The second kappa shape index (κ2) is 7.47. The highest BCUT2D eigenvalue weighted by Crippen LogP contribution is 2.49. The molecule has 1 atom stereocenters. The van der Waals surface area contributed by atoms with Crippen LogP contribution in [-0.2, 0) is 0 Å². The lowest BCUT2D eigenvalue weighted by Crippen LogP contribution is -2.35. The van der Waals surface area contributed by atoms with E-state index >= 15 is 4.39 Å². The van der Waals surface area contributed by atoms with Crippen LogP contribution in [0.5, 0.6) is 11.5 Å². The molecule has 1 saturated carbocycles. The van der Waals surface area contributed by atoms with Crippen LogP contribution in [0.3, 0.4) is 0 Å². The highest BCUT2D eigenvalue weighted by atomic mass is 19.1. The molecule has 4 aliphatic heterocycles. The van der Waals surface area contributed by atoms with E-state index in [1.165, 1.54) is 19.3 Å². The van der Waals surface area contributed by atoms with Gasteiger partial charge in [-0.3, -0.25) is 4.90 Å². The number of pyridine rings is 1. The third-order valence-corrected chi connectivity index (χ3v) is 7.94. The maximum atomic E-state index is 15.9. The molecule has 0 spiro atoms. The lowest BCUT2D eigenvalue weighted by atomic mass is 10.0. The van der Waals surface area contributed by atoms with Crippen molar-refractivity contribution >= 4 is 27.5 Å². The molecular weight excluding hydrogens is 431 g/mol. The zero-order valence-electron chi connectivity index (χ0n) is 19.7. The zero-order chi connectivity index (χ0) is 23.0. The fourth-order valence-electron chi connectivity index (χ4n) is 6.12. The average Bonchev–Trinajstić information content (AvgIpc) is 3.51. The molecule has 176 valence electrons. The third-order valence-electron chi connectivity index (χ3n) is 7.94. The number of hydrogen-bond donors (Lipinski definition) is 0. The van der Waals surface area contributed by atoms with Crippen molar-refractivity contribution in [1.29, 1.82) is 0 Å². The van der Waals surface area contributed by atoms with Crippen LogP contribution in [-0.4, -0.2) is 54.5 Å². The molecular formula is C27H29FN4O2. The zero-order valence-corrected chi connectivity index (χ0v) is 19.7. The Morgan fingerprint density at radius 3 is 2.65 bits per heavy atom. The summed E-state index contributed by atoms with van der Waals surface area (Å²) in [7, 11) is 3.33. The molecule has 34 heavy (non-hydrogen) atoms. The van der Waals surface area contributed by atoms with Crippen LogP contribution in [0.2, 0.25) is 0 Å². The van der Waals surface area contributed by atoms with Crippen molar-refractivity contribution in [1.82, 2.24) is 14.5 Å². The van der Waals surface area contributed by atoms with Gasteiger partial charge in [0, 0.05) is 53.8 Å². The van der Waals surface area contributed by atoms with E-state index in [4.69, 9.17) is 14.5 Å². The Morgan fingerprint density at radius 1 is 1.00 bits per heavy atom. The summed E-state index contributed by atoms with van der Waals surface area (Å²) in [5.74, 6) is 1.17. The van der Waals surface area contributed by atoms with Gasteiger partial charge in [0.15, 0.2) is 11.6 Å². The van der Waals surface area contributed by atoms with E-state index < -0.39 is 0 Å². The van der Waals surface area contributed by atoms with Gasteiger partial charge in [0.25, 0.3) is 0 Å². The number of ether oxygens (including phenoxy) is 2. The number of piperidine rings is 1. The quantitative estimate of drug-likeness (QED) is 0.407. The molecule has 6 nitrogen and oxygen atoms in total. The topological polar surface area (TPSA) is 42.8 Å². The Hall–Kier alpha value is -3.06. The first-order valence-corrected chi connectivity index (χ1v) is 12.3. The van der Waals surface area contributed by atoms with Gasteiger partial charge in [0.2, 0.25) is 0 Å². The van der Waals surface area contributed by atoms with E-state index in [9.17, 15) is 0 Å². The summed E-state index contributed by atoms with van der Waals surface area (Å²) in [6, 6.07) is 8.56. The molecule has 2 saturated heterocycles. The predicted octanol–water partition coefficient (Wildman–Crippen LogP) is 5.42. The van der Waals surface area contributed by atoms with Crippen LogP contribution in [0.4, 0.5) is 10.1 Å². The minimum Gasteiger partial charge on any atom is -0.497 e.